The van der Waals surface area contributed by atoms with Crippen LogP contribution in [0.25, 0.3) is 22.0 Å². The molecule has 0 bridgehead atoms. The lowest BCUT2D eigenvalue weighted by Crippen LogP contribution is -2.12. The number of carbonyl (C=O) groups is 2. The summed E-state index contributed by atoms with van der Waals surface area (Å²) in [6.07, 6.45) is 1.64. The van der Waals surface area contributed by atoms with E-state index in [9.17, 15) is 14.7 Å². The van der Waals surface area contributed by atoms with Gasteiger partial charge in [-0.2, -0.15) is 0 Å². The van der Waals surface area contributed by atoms with E-state index < -0.39 is 11.8 Å². The summed E-state index contributed by atoms with van der Waals surface area (Å²) < 4.78 is 1.93. The van der Waals surface area contributed by atoms with E-state index in [-0.39, 0.29) is 11.0 Å². The van der Waals surface area contributed by atoms with Gasteiger partial charge in [0.1, 0.15) is 0 Å². The van der Waals surface area contributed by atoms with Gasteiger partial charge < -0.3 is 9.67 Å². The zero-order valence-electron chi connectivity index (χ0n) is 18.2. The Balaban J connectivity index is 1.79. The van der Waals surface area contributed by atoms with Crippen molar-refractivity contribution in [1.29, 1.82) is 0 Å². The van der Waals surface area contributed by atoms with Gasteiger partial charge in [-0.15, -0.1) is 0 Å². The van der Waals surface area contributed by atoms with Gasteiger partial charge in [0.2, 0.25) is 0 Å². The number of carboxylic acid groups (broad SMARTS) is 1. The summed E-state index contributed by atoms with van der Waals surface area (Å²) in [6, 6.07) is 21.5. The van der Waals surface area contributed by atoms with Crippen LogP contribution >= 0.6 is 11.6 Å². The number of Topliss-reactive ketones (excluding diaryl/α,β-unsaturated/α-hetero) is 1. The number of hydrogen-bond acceptors (Lipinski definition) is 2. The lowest BCUT2D eigenvalue weighted by atomic mass is 9.87. The van der Waals surface area contributed by atoms with Crippen LogP contribution in [-0.2, 0) is 16.8 Å². The predicted molar refractivity (Wildman–Crippen MR) is 129 cm³/mol. The number of aliphatic carboxylic acids is 1. The summed E-state index contributed by atoms with van der Waals surface area (Å²) in [5, 5.41) is 10.6. The van der Waals surface area contributed by atoms with Crippen molar-refractivity contribution in [3.05, 3.63) is 94.6 Å². The van der Waals surface area contributed by atoms with Crippen molar-refractivity contribution in [3.8, 4) is 11.1 Å². The molecule has 1 aromatic heterocycles. The van der Waals surface area contributed by atoms with Crippen molar-refractivity contribution < 1.29 is 14.7 Å². The zero-order valence-corrected chi connectivity index (χ0v) is 19.0. The second-order valence-electron chi connectivity index (χ2n) is 8.99. The number of aromatic nitrogens is 1. The van der Waals surface area contributed by atoms with Gasteiger partial charge in [0.15, 0.2) is 0 Å². The summed E-state index contributed by atoms with van der Waals surface area (Å²) in [5.74, 6) is -2.38. The number of ketones is 1. The summed E-state index contributed by atoms with van der Waals surface area (Å²) in [6.45, 7) is 7.04. The Labute approximate surface area is 192 Å². The fourth-order valence-corrected chi connectivity index (χ4v) is 4.07. The Kier molecular flexibility index (Phi) is 5.66. The van der Waals surface area contributed by atoms with Gasteiger partial charge >= 0.3 is 5.97 Å². The van der Waals surface area contributed by atoms with E-state index in [1.54, 1.807) is 12.3 Å². The predicted octanol–water partition coefficient (Wildman–Crippen LogP) is 6.57. The third-order valence-electron chi connectivity index (χ3n) is 5.65. The van der Waals surface area contributed by atoms with Crippen molar-refractivity contribution in [2.45, 2.75) is 32.7 Å². The van der Waals surface area contributed by atoms with Crippen LogP contribution in [0.5, 0.6) is 0 Å². The molecule has 4 aromatic rings. The molecule has 0 unspecified atom stereocenters. The topological polar surface area (TPSA) is 59.3 Å². The third kappa shape index (κ3) is 4.32. The van der Waals surface area contributed by atoms with E-state index in [1.165, 1.54) is 5.56 Å². The minimum atomic E-state index is -1.47. The molecule has 0 aliphatic rings. The highest BCUT2D eigenvalue weighted by Gasteiger charge is 2.21. The van der Waals surface area contributed by atoms with E-state index in [0.29, 0.717) is 17.0 Å². The molecular weight excluding hydrogens is 422 g/mol. The van der Waals surface area contributed by atoms with Crippen LogP contribution in [0.4, 0.5) is 0 Å². The second-order valence-corrected chi connectivity index (χ2v) is 9.43. The van der Waals surface area contributed by atoms with Crippen LogP contribution in [0.1, 0.15) is 42.3 Å². The standard InChI is InChI=1S/C27H24ClNO3/c1-27(2,3)20-10-7-17(8-11-20)15-29-16-23(25(30)26(31)32)22-14-19(9-12-24(22)29)18-5-4-6-21(28)13-18/h4-14,16H,15H2,1-3H3,(H,31,32). The quantitative estimate of drug-likeness (QED) is 0.279. The zero-order chi connectivity index (χ0) is 23.0. The van der Waals surface area contributed by atoms with Crippen LogP contribution in [0.15, 0.2) is 72.9 Å². The molecule has 4 rings (SSSR count). The van der Waals surface area contributed by atoms with Crippen molar-refractivity contribution in [2.75, 3.05) is 0 Å². The molecule has 32 heavy (non-hydrogen) atoms. The minimum absolute atomic E-state index is 0.0660. The largest absolute Gasteiger partial charge is 0.475 e. The van der Waals surface area contributed by atoms with Crippen molar-refractivity contribution in [3.63, 3.8) is 0 Å². The molecule has 3 aromatic carbocycles. The van der Waals surface area contributed by atoms with Gasteiger partial charge in [-0.3, -0.25) is 4.79 Å². The lowest BCUT2D eigenvalue weighted by molar-refractivity contribution is -0.131. The summed E-state index contributed by atoms with van der Waals surface area (Å²) >= 11 is 6.13. The van der Waals surface area contributed by atoms with E-state index >= 15 is 0 Å². The average molecular weight is 446 g/mol. The number of fused-ring (bicyclic) bond motifs is 1. The molecule has 0 aliphatic heterocycles. The molecule has 4 nitrogen and oxygen atoms in total. The molecule has 0 atom stereocenters. The van der Waals surface area contributed by atoms with E-state index in [0.717, 1.165) is 22.2 Å². The number of hydrogen-bond donors (Lipinski definition) is 1. The Hall–Kier alpha value is -3.37. The highest BCUT2D eigenvalue weighted by atomic mass is 35.5. The molecular formula is C27H24ClNO3. The van der Waals surface area contributed by atoms with E-state index in [2.05, 4.69) is 45.0 Å². The Morgan fingerprint density at radius 1 is 0.938 bits per heavy atom. The summed E-state index contributed by atoms with van der Waals surface area (Å²) in [4.78, 5) is 23.9. The van der Waals surface area contributed by atoms with Gasteiger partial charge in [-0.1, -0.05) is 74.8 Å². The van der Waals surface area contributed by atoms with E-state index in [1.807, 2.05) is 41.0 Å². The van der Waals surface area contributed by atoms with Gasteiger partial charge in [-0.05, 0) is 51.9 Å². The smallest absolute Gasteiger partial charge is 0.377 e. The number of carboxylic acids is 1. The first kappa shape index (κ1) is 21.8. The number of carbonyl (C=O) groups excluding carboxylic acids is 1. The van der Waals surface area contributed by atoms with Crippen LogP contribution < -0.4 is 0 Å². The van der Waals surface area contributed by atoms with Crippen molar-refractivity contribution in [2.24, 2.45) is 0 Å². The maximum Gasteiger partial charge on any atom is 0.377 e. The fraction of sp³-hybridized carbons (Fsp3) is 0.185. The maximum absolute atomic E-state index is 12.4. The number of rotatable bonds is 5. The molecule has 0 amide bonds. The molecule has 5 heteroatoms. The van der Waals surface area contributed by atoms with Crippen LogP contribution in [0.3, 0.4) is 0 Å². The first-order valence-corrected chi connectivity index (χ1v) is 10.8. The molecule has 0 radical (unpaired) electrons. The Morgan fingerprint density at radius 2 is 1.62 bits per heavy atom. The monoisotopic (exact) mass is 445 g/mol. The van der Waals surface area contributed by atoms with Crippen LogP contribution in [0, 0.1) is 0 Å². The molecule has 1 N–H and O–H groups in total. The highest BCUT2D eigenvalue weighted by Crippen LogP contribution is 2.30. The Morgan fingerprint density at radius 3 is 2.25 bits per heavy atom. The molecule has 1 heterocycles. The van der Waals surface area contributed by atoms with Gasteiger partial charge in [0.25, 0.3) is 5.78 Å². The SMILES string of the molecule is CC(C)(C)c1ccc(Cn2cc(C(=O)C(=O)O)c3cc(-c4cccc(Cl)c4)ccc32)cc1. The number of halogens is 1. The summed E-state index contributed by atoms with van der Waals surface area (Å²) in [7, 11) is 0. The molecule has 0 saturated carbocycles. The van der Waals surface area contributed by atoms with E-state index in [4.69, 9.17) is 11.6 Å². The number of benzene rings is 3. The lowest BCUT2D eigenvalue weighted by Gasteiger charge is -2.19. The van der Waals surface area contributed by atoms with Crippen LogP contribution in [0.2, 0.25) is 5.02 Å². The summed E-state index contributed by atoms with van der Waals surface area (Å²) in [5.41, 5.74) is 5.14. The first-order valence-electron chi connectivity index (χ1n) is 10.4. The average Bonchev–Trinajstić information content (AvgIpc) is 3.10. The minimum Gasteiger partial charge on any atom is -0.475 e. The molecule has 0 fully saturated rings. The fourth-order valence-electron chi connectivity index (χ4n) is 3.88. The van der Waals surface area contributed by atoms with Gasteiger partial charge in [-0.25, -0.2) is 4.79 Å². The highest BCUT2D eigenvalue weighted by molar-refractivity contribution is 6.42. The number of nitrogens with zero attached hydrogens (tertiary/aromatic N) is 1. The van der Waals surface area contributed by atoms with Crippen molar-refractivity contribution in [1.82, 2.24) is 4.57 Å². The van der Waals surface area contributed by atoms with Gasteiger partial charge in [0.05, 0.1) is 5.56 Å². The van der Waals surface area contributed by atoms with Crippen LogP contribution in [-0.4, -0.2) is 21.4 Å². The normalized spacial score (nSPS) is 11.6. The molecule has 162 valence electrons. The molecule has 0 saturated heterocycles. The molecule has 0 spiro atoms. The molecule has 0 aliphatic carbocycles. The third-order valence-corrected chi connectivity index (χ3v) is 5.89. The van der Waals surface area contributed by atoms with Gasteiger partial charge in [0, 0.05) is 28.7 Å². The Bertz CT molecular complexity index is 1330. The second kappa shape index (κ2) is 8.29. The maximum atomic E-state index is 12.4. The van der Waals surface area contributed by atoms with Crippen molar-refractivity contribution >= 4 is 34.3 Å². The first-order chi connectivity index (χ1) is 15.1.